The van der Waals surface area contributed by atoms with E-state index in [1.807, 2.05) is 12.1 Å². The summed E-state index contributed by atoms with van der Waals surface area (Å²) in [5.41, 5.74) is 4.17. The molecule has 2 heteroatoms. The maximum Gasteiger partial charge on any atom is 0.118 e. The predicted octanol–water partition coefficient (Wildman–Crippen LogP) is 3.65. The Bertz CT molecular complexity index is 562. The van der Waals surface area contributed by atoms with Gasteiger partial charge in [0.05, 0.1) is 7.11 Å². The zero-order valence-electron chi connectivity index (χ0n) is 11.5. The first-order chi connectivity index (χ1) is 9.28. The van der Waals surface area contributed by atoms with Crippen molar-refractivity contribution < 1.29 is 4.74 Å². The number of hydrogen-bond donors (Lipinski definition) is 0. The molecule has 0 aliphatic carbocycles. The number of anilines is 1. The molecule has 1 heterocycles. The molecule has 0 fully saturated rings. The summed E-state index contributed by atoms with van der Waals surface area (Å²) in [4.78, 5) is 2.48. The summed E-state index contributed by atoms with van der Waals surface area (Å²) in [6, 6.07) is 17.6. The van der Waals surface area contributed by atoms with Crippen LogP contribution in [-0.2, 0) is 13.0 Å². The van der Waals surface area contributed by atoms with Crippen LogP contribution in [0.3, 0.4) is 0 Å². The van der Waals surface area contributed by atoms with Crippen LogP contribution >= 0.6 is 0 Å². The Labute approximate surface area is 114 Å². The van der Waals surface area contributed by atoms with Gasteiger partial charge >= 0.3 is 0 Å². The van der Waals surface area contributed by atoms with Gasteiger partial charge in [-0.2, -0.15) is 0 Å². The van der Waals surface area contributed by atoms with Gasteiger partial charge in [-0.25, -0.2) is 0 Å². The smallest absolute Gasteiger partial charge is 0.118 e. The lowest BCUT2D eigenvalue weighted by Crippen LogP contribution is -2.28. The number of nitrogens with zero attached hydrogens (tertiary/aromatic N) is 1. The predicted molar refractivity (Wildman–Crippen MR) is 78.8 cm³/mol. The molecule has 98 valence electrons. The number of para-hydroxylation sites is 1. The van der Waals surface area contributed by atoms with Crippen LogP contribution in [0.2, 0.25) is 0 Å². The van der Waals surface area contributed by atoms with Gasteiger partial charge in [-0.1, -0.05) is 30.3 Å². The quantitative estimate of drug-likeness (QED) is 0.828. The average Bonchev–Trinajstić information content (AvgIpc) is 2.76. The second-order valence-corrected chi connectivity index (χ2v) is 5.16. The van der Waals surface area contributed by atoms with Crippen molar-refractivity contribution in [2.24, 2.45) is 0 Å². The second kappa shape index (κ2) is 4.96. The van der Waals surface area contributed by atoms with Crippen molar-refractivity contribution >= 4 is 5.69 Å². The first kappa shape index (κ1) is 12.1. The minimum Gasteiger partial charge on any atom is -0.497 e. The van der Waals surface area contributed by atoms with E-state index in [9.17, 15) is 0 Å². The van der Waals surface area contributed by atoms with E-state index in [1.54, 1.807) is 7.11 Å². The molecule has 0 saturated heterocycles. The Balaban J connectivity index is 1.82. The highest BCUT2D eigenvalue weighted by molar-refractivity contribution is 5.59. The fraction of sp³-hybridized carbons (Fsp3) is 0.294. The van der Waals surface area contributed by atoms with Crippen LogP contribution in [0.4, 0.5) is 5.69 Å². The summed E-state index contributed by atoms with van der Waals surface area (Å²) < 4.78 is 5.20. The Hall–Kier alpha value is -1.96. The highest BCUT2D eigenvalue weighted by Crippen LogP contribution is 2.33. The van der Waals surface area contributed by atoms with Gasteiger partial charge in [0.1, 0.15) is 5.75 Å². The van der Waals surface area contributed by atoms with Crippen LogP contribution in [0, 0.1) is 0 Å². The maximum atomic E-state index is 5.20. The normalized spacial score (nSPS) is 17.4. The number of benzene rings is 2. The van der Waals surface area contributed by atoms with E-state index in [4.69, 9.17) is 4.74 Å². The number of rotatable bonds is 3. The van der Waals surface area contributed by atoms with Crippen LogP contribution in [0.15, 0.2) is 48.5 Å². The molecule has 1 aliphatic rings. The molecule has 1 aliphatic heterocycles. The van der Waals surface area contributed by atoms with Gasteiger partial charge in [0.25, 0.3) is 0 Å². The molecule has 1 atom stereocenters. The molecule has 0 aromatic heterocycles. The second-order valence-electron chi connectivity index (χ2n) is 5.16. The van der Waals surface area contributed by atoms with Crippen molar-refractivity contribution in [3.63, 3.8) is 0 Å². The SMILES string of the molecule is COc1ccc(CN2c3ccccc3CC2C)cc1. The molecular formula is C17H19NO. The third kappa shape index (κ3) is 2.30. The molecule has 0 amide bonds. The third-order valence-electron chi connectivity index (χ3n) is 3.86. The molecule has 2 nitrogen and oxygen atoms in total. The van der Waals surface area contributed by atoms with Crippen molar-refractivity contribution in [1.82, 2.24) is 0 Å². The van der Waals surface area contributed by atoms with E-state index in [1.165, 1.54) is 16.8 Å². The zero-order valence-corrected chi connectivity index (χ0v) is 11.5. The van der Waals surface area contributed by atoms with Crippen LogP contribution < -0.4 is 9.64 Å². The van der Waals surface area contributed by atoms with Gasteiger partial charge in [-0.3, -0.25) is 0 Å². The van der Waals surface area contributed by atoms with Gasteiger partial charge in [-0.15, -0.1) is 0 Å². The molecule has 19 heavy (non-hydrogen) atoms. The van der Waals surface area contributed by atoms with Crippen LogP contribution in [0.1, 0.15) is 18.1 Å². The van der Waals surface area contributed by atoms with Gasteiger partial charge in [0.15, 0.2) is 0 Å². The minimum absolute atomic E-state index is 0.569. The molecule has 0 saturated carbocycles. The third-order valence-corrected chi connectivity index (χ3v) is 3.86. The standard InChI is InChI=1S/C17H19NO/c1-13-11-15-5-3-4-6-17(15)18(13)12-14-7-9-16(19-2)10-8-14/h3-10,13H,11-12H2,1-2H3. The molecule has 2 aromatic carbocycles. The summed E-state index contributed by atoms with van der Waals surface area (Å²) in [6.07, 6.45) is 1.15. The van der Waals surface area contributed by atoms with Crippen molar-refractivity contribution in [3.8, 4) is 5.75 Å². The van der Waals surface area contributed by atoms with Crippen LogP contribution in [0.25, 0.3) is 0 Å². The van der Waals surface area contributed by atoms with E-state index in [0.717, 1.165) is 18.7 Å². The summed E-state index contributed by atoms with van der Waals surface area (Å²) in [7, 11) is 1.70. The summed E-state index contributed by atoms with van der Waals surface area (Å²) in [5, 5.41) is 0. The highest BCUT2D eigenvalue weighted by Gasteiger charge is 2.25. The van der Waals surface area contributed by atoms with Crippen molar-refractivity contribution in [2.75, 3.05) is 12.0 Å². The minimum atomic E-state index is 0.569. The molecule has 2 aromatic rings. The average molecular weight is 253 g/mol. The highest BCUT2D eigenvalue weighted by atomic mass is 16.5. The Kier molecular flexibility index (Phi) is 3.16. The number of methoxy groups -OCH3 is 1. The molecule has 0 N–H and O–H groups in total. The van der Waals surface area contributed by atoms with E-state index < -0.39 is 0 Å². The molecule has 1 unspecified atom stereocenters. The van der Waals surface area contributed by atoms with E-state index in [-0.39, 0.29) is 0 Å². The Morgan fingerprint density at radius 1 is 1.11 bits per heavy atom. The van der Waals surface area contributed by atoms with E-state index in [0.29, 0.717) is 6.04 Å². The lowest BCUT2D eigenvalue weighted by Gasteiger charge is -2.25. The molecule has 0 bridgehead atoms. The first-order valence-corrected chi connectivity index (χ1v) is 6.75. The number of ether oxygens (including phenoxy) is 1. The Morgan fingerprint density at radius 3 is 2.58 bits per heavy atom. The first-order valence-electron chi connectivity index (χ1n) is 6.75. The largest absolute Gasteiger partial charge is 0.497 e. The zero-order chi connectivity index (χ0) is 13.2. The summed E-state index contributed by atoms with van der Waals surface area (Å²) in [6.45, 7) is 3.26. The Morgan fingerprint density at radius 2 is 1.84 bits per heavy atom. The van der Waals surface area contributed by atoms with Crippen molar-refractivity contribution in [1.29, 1.82) is 0 Å². The van der Waals surface area contributed by atoms with E-state index in [2.05, 4.69) is 48.2 Å². The van der Waals surface area contributed by atoms with E-state index >= 15 is 0 Å². The lowest BCUT2D eigenvalue weighted by atomic mass is 10.1. The summed E-state index contributed by atoms with van der Waals surface area (Å²) in [5.74, 6) is 0.915. The lowest BCUT2D eigenvalue weighted by molar-refractivity contribution is 0.414. The maximum absolute atomic E-state index is 5.20. The summed E-state index contributed by atoms with van der Waals surface area (Å²) >= 11 is 0. The van der Waals surface area contributed by atoms with Gasteiger partial charge in [0, 0.05) is 18.3 Å². The molecular weight excluding hydrogens is 234 g/mol. The van der Waals surface area contributed by atoms with Gasteiger partial charge in [0.2, 0.25) is 0 Å². The van der Waals surface area contributed by atoms with Crippen LogP contribution in [-0.4, -0.2) is 13.2 Å². The van der Waals surface area contributed by atoms with Crippen molar-refractivity contribution in [3.05, 3.63) is 59.7 Å². The van der Waals surface area contributed by atoms with Crippen molar-refractivity contribution in [2.45, 2.75) is 25.9 Å². The molecule has 0 radical (unpaired) electrons. The topological polar surface area (TPSA) is 12.5 Å². The van der Waals surface area contributed by atoms with Gasteiger partial charge in [-0.05, 0) is 42.7 Å². The molecule has 0 spiro atoms. The fourth-order valence-electron chi connectivity index (χ4n) is 2.80. The molecule has 3 rings (SSSR count). The number of fused-ring (bicyclic) bond motifs is 1. The monoisotopic (exact) mass is 253 g/mol. The fourth-order valence-corrected chi connectivity index (χ4v) is 2.80. The number of hydrogen-bond acceptors (Lipinski definition) is 2. The van der Waals surface area contributed by atoms with Crippen LogP contribution in [0.5, 0.6) is 5.75 Å². The van der Waals surface area contributed by atoms with Gasteiger partial charge < -0.3 is 9.64 Å².